The largest absolute Gasteiger partial charge is 0.490 e. The molecule has 3 aromatic carbocycles. The maximum atomic E-state index is 12.3. The summed E-state index contributed by atoms with van der Waals surface area (Å²) in [6, 6.07) is 19.4. The molecule has 0 bridgehead atoms. The Hall–Kier alpha value is -3.14. The number of fused-ring (bicyclic) bond motifs is 1. The molecule has 0 aliphatic carbocycles. The highest BCUT2D eigenvalue weighted by atomic mass is 16.5. The van der Waals surface area contributed by atoms with Gasteiger partial charge in [0, 0.05) is 11.1 Å². The normalized spacial score (nSPS) is 11.2. The molecular weight excluding hydrogens is 324 g/mol. The number of amides is 1. The van der Waals surface area contributed by atoms with Crippen LogP contribution < -0.4 is 10.2 Å². The van der Waals surface area contributed by atoms with Crippen LogP contribution in [0.3, 0.4) is 0 Å². The zero-order valence-corrected chi connectivity index (χ0v) is 15.2. The summed E-state index contributed by atoms with van der Waals surface area (Å²) in [5.74, 6) is 0.513. The van der Waals surface area contributed by atoms with Gasteiger partial charge in [0.1, 0.15) is 5.75 Å². The molecule has 1 N–H and O–H groups in total. The first-order chi connectivity index (χ1) is 12.6. The molecule has 4 nitrogen and oxygen atoms in total. The van der Waals surface area contributed by atoms with Crippen molar-refractivity contribution in [1.82, 2.24) is 5.43 Å². The molecule has 26 heavy (non-hydrogen) atoms. The molecular formula is C22H22N2O2. The molecule has 132 valence electrons. The van der Waals surface area contributed by atoms with Gasteiger partial charge in [0.15, 0.2) is 0 Å². The van der Waals surface area contributed by atoms with E-state index in [0.717, 1.165) is 27.6 Å². The highest BCUT2D eigenvalue weighted by Gasteiger charge is 2.10. The van der Waals surface area contributed by atoms with Crippen LogP contribution in [-0.2, 0) is 0 Å². The molecule has 3 rings (SSSR count). The van der Waals surface area contributed by atoms with Crippen LogP contribution in [-0.4, -0.2) is 18.2 Å². The summed E-state index contributed by atoms with van der Waals surface area (Å²) in [5, 5.41) is 6.29. The monoisotopic (exact) mass is 346 g/mol. The summed E-state index contributed by atoms with van der Waals surface area (Å²) in [7, 11) is 0. The van der Waals surface area contributed by atoms with Crippen LogP contribution >= 0.6 is 0 Å². The molecule has 0 spiro atoms. The van der Waals surface area contributed by atoms with E-state index < -0.39 is 0 Å². The second-order valence-corrected chi connectivity index (χ2v) is 6.38. The minimum Gasteiger partial charge on any atom is -0.490 e. The minimum atomic E-state index is -0.231. The van der Waals surface area contributed by atoms with Gasteiger partial charge < -0.3 is 4.74 Å². The number of hydrogen-bond donors (Lipinski definition) is 1. The van der Waals surface area contributed by atoms with Crippen LogP contribution in [0.5, 0.6) is 5.75 Å². The summed E-state index contributed by atoms with van der Waals surface area (Å²) in [6.45, 7) is 5.87. The number of rotatable bonds is 5. The zero-order chi connectivity index (χ0) is 18.5. The van der Waals surface area contributed by atoms with Gasteiger partial charge in [-0.3, -0.25) is 4.79 Å². The van der Waals surface area contributed by atoms with Gasteiger partial charge in [0.2, 0.25) is 0 Å². The molecule has 0 fully saturated rings. The fourth-order valence-corrected chi connectivity index (χ4v) is 2.81. The minimum absolute atomic E-state index is 0.0462. The number of aryl methyl sites for hydroxylation is 1. The molecule has 0 atom stereocenters. The maximum absolute atomic E-state index is 12.3. The van der Waals surface area contributed by atoms with E-state index in [4.69, 9.17) is 4.74 Å². The standard InChI is InChI=1S/C22H22N2O2/c1-15(2)26-21-13-12-17-9-5-7-11-19(17)20(21)14-23-24-22(25)18-10-6-4-8-16(18)3/h4-15H,1-3H3,(H,24,25)/b23-14+. The van der Waals surface area contributed by atoms with E-state index in [9.17, 15) is 4.79 Å². The summed E-state index contributed by atoms with van der Waals surface area (Å²) in [5.41, 5.74) is 4.98. The highest BCUT2D eigenvalue weighted by Crippen LogP contribution is 2.27. The van der Waals surface area contributed by atoms with Crippen molar-refractivity contribution in [1.29, 1.82) is 0 Å². The SMILES string of the molecule is Cc1ccccc1C(=O)N/N=C/c1c(OC(C)C)ccc2ccccc12. The van der Waals surface area contributed by atoms with Crippen LogP contribution in [0.25, 0.3) is 10.8 Å². The molecule has 0 heterocycles. The number of ether oxygens (including phenoxy) is 1. The van der Waals surface area contributed by atoms with Crippen molar-refractivity contribution in [3.63, 3.8) is 0 Å². The Bertz CT molecular complexity index is 961. The van der Waals surface area contributed by atoms with Crippen LogP contribution in [0, 0.1) is 6.92 Å². The first-order valence-electron chi connectivity index (χ1n) is 8.63. The van der Waals surface area contributed by atoms with Crippen LogP contribution in [0.15, 0.2) is 65.8 Å². The second kappa shape index (κ2) is 7.83. The molecule has 1 amide bonds. The Morgan fingerprint density at radius 1 is 1.04 bits per heavy atom. The molecule has 0 saturated carbocycles. The molecule has 0 unspecified atom stereocenters. The average molecular weight is 346 g/mol. The van der Waals surface area contributed by atoms with E-state index in [2.05, 4.69) is 10.5 Å². The Kier molecular flexibility index (Phi) is 5.32. The summed E-state index contributed by atoms with van der Waals surface area (Å²) in [4.78, 5) is 12.3. The maximum Gasteiger partial charge on any atom is 0.271 e. The van der Waals surface area contributed by atoms with Crippen LogP contribution in [0.2, 0.25) is 0 Å². The van der Waals surface area contributed by atoms with Crippen molar-refractivity contribution in [2.45, 2.75) is 26.9 Å². The number of benzene rings is 3. The third-order valence-corrected chi connectivity index (χ3v) is 4.04. The third kappa shape index (κ3) is 3.91. The van der Waals surface area contributed by atoms with Crippen LogP contribution in [0.4, 0.5) is 0 Å². The number of nitrogens with one attached hydrogen (secondary N) is 1. The molecule has 4 heteroatoms. The Labute approximate surface area is 153 Å². The van der Waals surface area contributed by atoms with Gasteiger partial charge in [0.05, 0.1) is 12.3 Å². The van der Waals surface area contributed by atoms with E-state index in [0.29, 0.717) is 5.56 Å². The second-order valence-electron chi connectivity index (χ2n) is 6.38. The van der Waals surface area contributed by atoms with Crippen molar-refractivity contribution >= 4 is 22.9 Å². The molecule has 0 saturated heterocycles. The fourth-order valence-electron chi connectivity index (χ4n) is 2.81. The van der Waals surface area contributed by atoms with E-state index in [1.165, 1.54) is 0 Å². The van der Waals surface area contributed by atoms with Crippen molar-refractivity contribution < 1.29 is 9.53 Å². The van der Waals surface area contributed by atoms with E-state index in [1.54, 1.807) is 12.3 Å². The Morgan fingerprint density at radius 3 is 2.54 bits per heavy atom. The lowest BCUT2D eigenvalue weighted by atomic mass is 10.0. The van der Waals surface area contributed by atoms with Gasteiger partial charge in [-0.2, -0.15) is 5.10 Å². The smallest absolute Gasteiger partial charge is 0.271 e. The summed E-state index contributed by atoms with van der Waals surface area (Å²) >= 11 is 0. The highest BCUT2D eigenvalue weighted by molar-refractivity contribution is 6.03. The lowest BCUT2D eigenvalue weighted by Crippen LogP contribution is -2.18. The van der Waals surface area contributed by atoms with Crippen molar-refractivity contribution in [2.75, 3.05) is 0 Å². The van der Waals surface area contributed by atoms with Gasteiger partial charge in [0.25, 0.3) is 5.91 Å². The summed E-state index contributed by atoms with van der Waals surface area (Å²) in [6.07, 6.45) is 1.70. The quantitative estimate of drug-likeness (QED) is 0.538. The first-order valence-corrected chi connectivity index (χ1v) is 8.63. The van der Waals surface area contributed by atoms with Crippen LogP contribution in [0.1, 0.15) is 35.3 Å². The third-order valence-electron chi connectivity index (χ3n) is 4.04. The predicted molar refractivity (Wildman–Crippen MR) is 106 cm³/mol. The van der Waals surface area contributed by atoms with Gasteiger partial charge in [-0.25, -0.2) is 5.43 Å². The predicted octanol–water partition coefficient (Wildman–Crippen LogP) is 4.70. The lowest BCUT2D eigenvalue weighted by molar-refractivity contribution is 0.0954. The number of carbonyl (C=O) groups is 1. The Balaban J connectivity index is 1.90. The average Bonchev–Trinajstić information content (AvgIpc) is 2.63. The summed E-state index contributed by atoms with van der Waals surface area (Å²) < 4.78 is 5.91. The lowest BCUT2D eigenvalue weighted by Gasteiger charge is -2.14. The van der Waals surface area contributed by atoms with Gasteiger partial charge in [-0.15, -0.1) is 0 Å². The number of carbonyl (C=O) groups excluding carboxylic acids is 1. The van der Waals surface area contributed by atoms with Crippen molar-refractivity contribution in [3.8, 4) is 5.75 Å². The molecule has 0 aliphatic rings. The topological polar surface area (TPSA) is 50.7 Å². The fraction of sp³-hybridized carbons (Fsp3) is 0.182. The number of nitrogens with zero attached hydrogens (tertiary/aromatic N) is 1. The van der Waals surface area contributed by atoms with Gasteiger partial charge in [-0.1, -0.05) is 48.5 Å². The van der Waals surface area contributed by atoms with Crippen molar-refractivity contribution in [3.05, 3.63) is 77.4 Å². The van der Waals surface area contributed by atoms with Gasteiger partial charge >= 0.3 is 0 Å². The molecule has 0 aromatic heterocycles. The zero-order valence-electron chi connectivity index (χ0n) is 15.2. The molecule has 0 aliphatic heterocycles. The van der Waals surface area contributed by atoms with Crippen molar-refractivity contribution in [2.24, 2.45) is 5.10 Å². The number of hydrogen-bond acceptors (Lipinski definition) is 3. The Morgan fingerprint density at radius 2 is 1.77 bits per heavy atom. The molecule has 3 aromatic rings. The van der Waals surface area contributed by atoms with E-state index in [-0.39, 0.29) is 12.0 Å². The first kappa shape index (κ1) is 17.7. The number of hydrazone groups is 1. The van der Waals surface area contributed by atoms with E-state index >= 15 is 0 Å². The molecule has 0 radical (unpaired) electrons. The van der Waals surface area contributed by atoms with Gasteiger partial charge in [-0.05, 0) is 49.2 Å². The van der Waals surface area contributed by atoms with E-state index in [1.807, 2.05) is 75.4 Å².